The summed E-state index contributed by atoms with van der Waals surface area (Å²) >= 11 is 0. The standard InChI is InChI=1S/C67H117NO18/c1-3-5-7-9-11-13-15-17-19-21-23-24-25-26-27-29-31-33-35-37-39-41-43-45-55(73)68-50(51(72)44-42-40-38-36-34-32-30-28-22-20-18-16-14-12-10-8-6-4-2)49-81-65-61(79)58(76)63(53(47-70)83-65)86-67-62(80)59(77)64(54(48-71)84-67)85-66-60(78)57(75)56(74)52(46-69)82-66/h5,7,11,13,17,19,23-24,34,36,42,44,50-54,56-67,69-72,74-80H,3-4,6,8-10,12,14-16,18,20-22,25-33,35,37-41,43,45-49H2,1-2H3,(H,68,73)/b7-5-,13-11-,19-17-,24-23-,36-34+,44-42+. The molecule has 3 rings (SSSR count). The third-order valence-corrected chi connectivity index (χ3v) is 16.2. The Morgan fingerprint density at radius 2 is 0.814 bits per heavy atom. The Bertz CT molecular complexity index is 1850. The van der Waals surface area contributed by atoms with Crippen LogP contribution < -0.4 is 5.32 Å². The minimum Gasteiger partial charge on any atom is -0.394 e. The number of hydrogen-bond donors (Lipinski definition) is 12. The Balaban J connectivity index is 1.47. The minimum atomic E-state index is -1.98. The van der Waals surface area contributed by atoms with Crippen LogP contribution in [0.2, 0.25) is 0 Å². The SMILES string of the molecule is CC/C=C\C/C=C\C/C=C\C/C=C\CCCCCCCCCCCCC(=O)NC(COC1OC(CO)C(OC2OC(CO)C(OC3OC(CO)C(O)C(O)C3O)C(O)C2O)C(O)C1O)C(O)/C=C/CC/C=C/CCCCCCCCCCCCCC. The first-order valence-corrected chi connectivity index (χ1v) is 33.2. The van der Waals surface area contributed by atoms with E-state index < -0.39 is 124 Å². The number of nitrogens with one attached hydrogen (secondary N) is 1. The fraction of sp³-hybridized carbons (Fsp3) is 0.806. The van der Waals surface area contributed by atoms with Gasteiger partial charge in [0.1, 0.15) is 73.2 Å². The van der Waals surface area contributed by atoms with Crippen LogP contribution in [-0.2, 0) is 33.2 Å². The van der Waals surface area contributed by atoms with Crippen molar-refractivity contribution in [3.05, 3.63) is 72.9 Å². The van der Waals surface area contributed by atoms with Crippen molar-refractivity contribution in [1.82, 2.24) is 5.32 Å². The highest BCUT2D eigenvalue weighted by molar-refractivity contribution is 5.76. The maximum atomic E-state index is 13.4. The van der Waals surface area contributed by atoms with E-state index in [0.717, 1.165) is 77.0 Å². The lowest BCUT2D eigenvalue weighted by Gasteiger charge is -2.48. The topological polar surface area (TPSA) is 307 Å². The van der Waals surface area contributed by atoms with Gasteiger partial charge < -0.3 is 89.9 Å². The van der Waals surface area contributed by atoms with Crippen LogP contribution in [0.25, 0.3) is 0 Å². The van der Waals surface area contributed by atoms with Crippen molar-refractivity contribution in [2.75, 3.05) is 26.4 Å². The van der Waals surface area contributed by atoms with E-state index in [1.807, 2.05) is 6.08 Å². The summed E-state index contributed by atoms with van der Waals surface area (Å²) < 4.78 is 34.3. The number of ether oxygens (including phenoxy) is 6. The van der Waals surface area contributed by atoms with Crippen molar-refractivity contribution < 1.29 is 89.4 Å². The van der Waals surface area contributed by atoms with Gasteiger partial charge in [-0.2, -0.15) is 0 Å². The van der Waals surface area contributed by atoms with Gasteiger partial charge in [-0.05, 0) is 70.6 Å². The second-order valence-electron chi connectivity index (χ2n) is 23.5. The largest absolute Gasteiger partial charge is 0.394 e. The van der Waals surface area contributed by atoms with Gasteiger partial charge >= 0.3 is 0 Å². The van der Waals surface area contributed by atoms with E-state index in [2.05, 4.69) is 79.9 Å². The Hall–Kier alpha value is -2.77. The van der Waals surface area contributed by atoms with Crippen molar-refractivity contribution >= 4 is 5.91 Å². The zero-order valence-corrected chi connectivity index (χ0v) is 52.3. The number of carbonyl (C=O) groups excluding carboxylic acids is 1. The van der Waals surface area contributed by atoms with Crippen molar-refractivity contribution in [2.24, 2.45) is 0 Å². The molecule has 0 aromatic rings. The highest BCUT2D eigenvalue weighted by Crippen LogP contribution is 2.33. The number of aliphatic hydroxyl groups excluding tert-OH is 11. The first-order valence-electron chi connectivity index (χ1n) is 33.2. The number of allylic oxidation sites excluding steroid dienone is 11. The first kappa shape index (κ1) is 77.5. The molecule has 3 fully saturated rings. The van der Waals surface area contributed by atoms with Gasteiger partial charge in [-0.15, -0.1) is 0 Å². The minimum absolute atomic E-state index is 0.227. The summed E-state index contributed by atoms with van der Waals surface area (Å²) in [5.41, 5.74) is 0. The van der Waals surface area contributed by atoms with Crippen LogP contribution in [0.3, 0.4) is 0 Å². The second kappa shape index (κ2) is 49.0. The van der Waals surface area contributed by atoms with Gasteiger partial charge in [0.15, 0.2) is 18.9 Å². The number of rotatable bonds is 49. The van der Waals surface area contributed by atoms with Gasteiger partial charge in [0, 0.05) is 6.42 Å². The molecule has 17 atom stereocenters. The number of unbranched alkanes of at least 4 members (excludes halogenated alkanes) is 23. The molecular weight excluding hydrogens is 1110 g/mol. The molecule has 12 N–H and O–H groups in total. The molecule has 0 aromatic carbocycles. The van der Waals surface area contributed by atoms with Gasteiger partial charge in [0.25, 0.3) is 0 Å². The Morgan fingerprint density at radius 3 is 1.30 bits per heavy atom. The number of amides is 1. The molecule has 498 valence electrons. The summed E-state index contributed by atoms with van der Waals surface area (Å²) in [6.07, 6.45) is 33.0. The lowest BCUT2D eigenvalue weighted by molar-refractivity contribution is -0.379. The molecular formula is C67H117NO18. The molecule has 17 unspecified atom stereocenters. The molecule has 0 aliphatic carbocycles. The van der Waals surface area contributed by atoms with Crippen LogP contribution in [-0.4, -0.2) is 193 Å². The van der Waals surface area contributed by atoms with Crippen LogP contribution in [0.4, 0.5) is 0 Å². The third-order valence-electron chi connectivity index (χ3n) is 16.2. The van der Waals surface area contributed by atoms with E-state index >= 15 is 0 Å². The fourth-order valence-electron chi connectivity index (χ4n) is 10.8. The zero-order valence-electron chi connectivity index (χ0n) is 52.3. The second-order valence-corrected chi connectivity index (χ2v) is 23.5. The average Bonchev–Trinajstić information content (AvgIpc) is 1.83. The summed E-state index contributed by atoms with van der Waals surface area (Å²) in [6.45, 7) is 1.59. The highest BCUT2D eigenvalue weighted by atomic mass is 16.8. The summed E-state index contributed by atoms with van der Waals surface area (Å²) in [5.74, 6) is -0.292. The molecule has 3 heterocycles. The van der Waals surface area contributed by atoms with E-state index in [4.69, 9.17) is 28.4 Å². The molecule has 19 nitrogen and oxygen atoms in total. The van der Waals surface area contributed by atoms with Gasteiger partial charge in [0.2, 0.25) is 5.91 Å². The lowest BCUT2D eigenvalue weighted by atomic mass is 9.96. The van der Waals surface area contributed by atoms with Gasteiger partial charge in [0.05, 0.1) is 38.6 Å². The molecule has 3 aliphatic heterocycles. The predicted molar refractivity (Wildman–Crippen MR) is 332 cm³/mol. The molecule has 0 bridgehead atoms. The lowest BCUT2D eigenvalue weighted by Crippen LogP contribution is -2.66. The molecule has 0 aromatic heterocycles. The quantitative estimate of drug-likeness (QED) is 0.0204. The van der Waals surface area contributed by atoms with Crippen LogP contribution >= 0.6 is 0 Å². The highest BCUT2D eigenvalue weighted by Gasteiger charge is 2.53. The molecule has 3 aliphatic rings. The molecule has 3 saturated heterocycles. The van der Waals surface area contributed by atoms with Crippen LogP contribution in [0, 0.1) is 0 Å². The average molecular weight is 1220 g/mol. The maximum Gasteiger partial charge on any atom is 0.220 e. The number of carbonyl (C=O) groups is 1. The monoisotopic (exact) mass is 1220 g/mol. The Morgan fingerprint density at radius 1 is 0.430 bits per heavy atom. The van der Waals surface area contributed by atoms with E-state index in [9.17, 15) is 61.0 Å². The van der Waals surface area contributed by atoms with Gasteiger partial charge in [-0.1, -0.05) is 209 Å². The van der Waals surface area contributed by atoms with Crippen molar-refractivity contribution in [1.29, 1.82) is 0 Å². The third kappa shape index (κ3) is 31.3. The maximum absolute atomic E-state index is 13.4. The van der Waals surface area contributed by atoms with E-state index in [-0.39, 0.29) is 18.9 Å². The van der Waals surface area contributed by atoms with E-state index in [1.54, 1.807) is 6.08 Å². The summed E-state index contributed by atoms with van der Waals surface area (Å²) in [7, 11) is 0. The van der Waals surface area contributed by atoms with E-state index in [0.29, 0.717) is 12.8 Å². The normalized spacial score (nSPS) is 29.2. The molecule has 86 heavy (non-hydrogen) atoms. The summed E-state index contributed by atoms with van der Waals surface area (Å²) in [4.78, 5) is 13.4. The van der Waals surface area contributed by atoms with E-state index in [1.165, 1.54) is 103 Å². The van der Waals surface area contributed by atoms with Crippen LogP contribution in [0.15, 0.2) is 72.9 Å². The van der Waals surface area contributed by atoms with Crippen molar-refractivity contribution in [3.63, 3.8) is 0 Å². The molecule has 19 heteroatoms. The van der Waals surface area contributed by atoms with Gasteiger partial charge in [-0.3, -0.25) is 4.79 Å². The smallest absolute Gasteiger partial charge is 0.220 e. The van der Waals surface area contributed by atoms with Crippen molar-refractivity contribution in [2.45, 2.75) is 317 Å². The zero-order chi connectivity index (χ0) is 62.6. The first-order chi connectivity index (χ1) is 41.8. The predicted octanol–water partition coefficient (Wildman–Crippen LogP) is 7.77. The molecule has 1 amide bonds. The van der Waals surface area contributed by atoms with Crippen molar-refractivity contribution in [3.8, 4) is 0 Å². The number of hydrogen-bond acceptors (Lipinski definition) is 18. The van der Waals surface area contributed by atoms with Crippen LogP contribution in [0.1, 0.15) is 213 Å². The summed E-state index contributed by atoms with van der Waals surface area (Å²) in [5, 5.41) is 120. The van der Waals surface area contributed by atoms with Gasteiger partial charge in [-0.25, -0.2) is 0 Å². The van der Waals surface area contributed by atoms with Crippen LogP contribution in [0.5, 0.6) is 0 Å². The Kier molecular flexibility index (Phi) is 44.1. The Labute approximate surface area is 515 Å². The summed E-state index contributed by atoms with van der Waals surface area (Å²) in [6, 6.07) is -0.996. The number of aliphatic hydroxyl groups is 11. The molecule has 0 spiro atoms. The molecule has 0 saturated carbocycles. The molecule has 0 radical (unpaired) electrons. The fourth-order valence-corrected chi connectivity index (χ4v) is 10.8.